The monoisotopic (exact) mass is 707 g/mol. The van der Waals surface area contributed by atoms with Crippen LogP contribution in [0.1, 0.15) is 32.1 Å². The summed E-state index contributed by atoms with van der Waals surface area (Å²) in [5.74, 6) is 0. The van der Waals surface area contributed by atoms with E-state index in [2.05, 4.69) is 23.7 Å². The number of rotatable bonds is 8. The fourth-order valence-corrected chi connectivity index (χ4v) is 0.939. The molecule has 2 nitrogen and oxygen atoms in total. The van der Waals surface area contributed by atoms with Crippen LogP contribution >= 0.6 is 0 Å². The zero-order chi connectivity index (χ0) is 8.36. The van der Waals surface area contributed by atoms with Crippen molar-refractivity contribution in [3.05, 3.63) is 21.6 Å². The second-order valence-electron chi connectivity index (χ2n) is 2.58. The van der Waals surface area contributed by atoms with Gasteiger partial charge < -0.3 is 16.9 Å². The maximum absolute atomic E-state index is 4.68. The summed E-state index contributed by atoms with van der Waals surface area (Å²) in [5.41, 5.74) is 0. The number of hydrogen-bond acceptors (Lipinski definition) is 2. The van der Waals surface area contributed by atoms with Gasteiger partial charge in [0.2, 0.25) is 0 Å². The van der Waals surface area contributed by atoms with E-state index in [4.69, 9.17) is 0 Å². The molecule has 0 spiro atoms. The van der Waals surface area contributed by atoms with Gasteiger partial charge >= 0.3 is 0 Å². The molecule has 80 valence electrons. The van der Waals surface area contributed by atoms with E-state index in [1.807, 2.05) is 0 Å². The average molecular weight is 707 g/mol. The quantitative estimate of drug-likeness (QED) is 0.286. The zero-order valence-corrected chi connectivity index (χ0v) is 22.4. The molecule has 0 aromatic heterocycles. The van der Waals surface area contributed by atoms with Gasteiger partial charge in [0.15, 0.2) is 0 Å². The Morgan fingerprint density at radius 1 is 0.643 bits per heavy atom. The molecule has 0 amide bonds. The summed E-state index contributed by atoms with van der Waals surface area (Å²) in [6, 6.07) is 0. The van der Waals surface area contributed by atoms with E-state index in [0.29, 0.717) is 0 Å². The smallest absolute Gasteiger partial charge is 0.0110 e. The van der Waals surface area contributed by atoms with Crippen LogP contribution in [0.4, 0.5) is 0 Å². The van der Waals surface area contributed by atoms with Crippen LogP contribution < -0.4 is 0 Å². The third-order valence-corrected chi connectivity index (χ3v) is 1.58. The Morgan fingerprint density at radius 2 is 0.929 bits per heavy atom. The first-order chi connectivity index (χ1) is 5.41. The number of unbranched alkanes of at least 4 members (excludes halogenated alkanes) is 4. The molecule has 0 aliphatic carbocycles. The summed E-state index contributed by atoms with van der Waals surface area (Å²) in [4.78, 5) is 0. The Bertz CT molecular complexity index is 65.1. The molecule has 4 heteroatoms. The van der Waals surface area contributed by atoms with E-state index >= 15 is 0 Å². The molecule has 0 aromatic carbocycles. The van der Waals surface area contributed by atoms with Crippen LogP contribution in [0.15, 0.2) is 0 Å². The van der Waals surface area contributed by atoms with Crippen LogP contribution in [-0.2, 0) is 9.47 Å². The van der Waals surface area contributed by atoms with Crippen molar-refractivity contribution in [2.45, 2.75) is 32.1 Å². The molecule has 0 aliphatic heterocycles. The normalized spacial score (nSPS) is 8.14. The van der Waals surface area contributed by atoms with Crippen molar-refractivity contribution in [1.82, 2.24) is 0 Å². The van der Waals surface area contributed by atoms with Gasteiger partial charge in [-0.25, -0.2) is 14.2 Å². The van der Waals surface area contributed by atoms with Crippen molar-refractivity contribution in [3.8, 4) is 0 Å². The van der Waals surface area contributed by atoms with E-state index in [0.717, 1.165) is 26.1 Å². The molecule has 0 bridgehead atoms. The first-order valence-corrected chi connectivity index (χ1v) is 4.15. The third-order valence-electron chi connectivity index (χ3n) is 1.58. The Balaban J connectivity index is -0.000000167. The Labute approximate surface area is 77.3 Å². The van der Waals surface area contributed by atoms with Crippen molar-refractivity contribution in [2.24, 2.45) is 0 Å². The molecule has 0 N–H and O–H groups in total. The molecule has 0 fully saturated rings. The first kappa shape index (κ1) is 22.7. The molecule has 0 atom stereocenters. The molecular weight excluding hydrogens is 686 g/mol. The summed E-state index contributed by atoms with van der Waals surface area (Å²) in [7, 11) is 6.61. The van der Waals surface area contributed by atoms with E-state index in [1.54, 1.807) is 0 Å². The second kappa shape index (κ2) is 22.4. The molecular formula is C10H21O2Rf2-3. The molecule has 0 rings (SSSR count). The van der Waals surface area contributed by atoms with Crippen LogP contribution in [0.5, 0.6) is 0 Å². The Morgan fingerprint density at radius 3 is 1.21 bits per heavy atom. The van der Waals surface area contributed by atoms with E-state index in [9.17, 15) is 0 Å². The van der Waals surface area contributed by atoms with E-state index in [1.165, 1.54) is 19.3 Å². The predicted molar refractivity (Wildman–Crippen MR) is 52.1 cm³/mol. The van der Waals surface area contributed by atoms with Gasteiger partial charge in [-0.3, -0.25) is 0 Å². The van der Waals surface area contributed by atoms with Gasteiger partial charge in [0, 0.05) is 13.2 Å². The van der Waals surface area contributed by atoms with Gasteiger partial charge in [0.1, 0.15) is 0 Å². The summed E-state index contributed by atoms with van der Waals surface area (Å²) in [5, 5.41) is 0. The van der Waals surface area contributed by atoms with Crippen LogP contribution in [0, 0.1) is 21.6 Å². The molecule has 0 unspecified atom stereocenters. The van der Waals surface area contributed by atoms with Crippen LogP contribution in [-0.4, -0.2) is 13.2 Å². The molecule has 0 saturated heterocycles. The van der Waals surface area contributed by atoms with Gasteiger partial charge in [-0.1, -0.05) is 19.3 Å². The Hall–Kier alpha value is -2.08. The maximum Gasteiger partial charge on any atom is 0.0110 e. The van der Waals surface area contributed by atoms with Crippen molar-refractivity contribution < 1.29 is 9.47 Å². The summed E-state index contributed by atoms with van der Waals surface area (Å²) in [6.45, 7) is 1.57. The van der Waals surface area contributed by atoms with Crippen molar-refractivity contribution in [2.75, 3.05) is 13.2 Å². The summed E-state index contributed by atoms with van der Waals surface area (Å²) >= 11 is 0. The summed E-state index contributed by atoms with van der Waals surface area (Å²) in [6.07, 6.45) is 5.95. The predicted octanol–water partition coefficient (Wildman–Crippen LogP) is 3.00. The fraction of sp³-hybridized carbons (Fsp3) is 0.700. The average Bonchev–Trinajstić information content (AvgIpc) is 2.03. The van der Waals surface area contributed by atoms with Crippen molar-refractivity contribution >= 4 is 0 Å². The second-order valence-corrected chi connectivity index (χ2v) is 2.58. The van der Waals surface area contributed by atoms with Crippen molar-refractivity contribution in [1.29, 1.82) is 0 Å². The van der Waals surface area contributed by atoms with Crippen LogP contribution in [0.2, 0.25) is 0 Å². The van der Waals surface area contributed by atoms with Gasteiger partial charge in [-0.05, 0) is 12.8 Å². The Kier molecular flexibility index (Phi) is 36.3. The zero-order valence-electron chi connectivity index (χ0n) is 9.59. The van der Waals surface area contributed by atoms with Crippen molar-refractivity contribution in [3.63, 3.8) is 0 Å². The fourth-order valence-electron chi connectivity index (χ4n) is 0.939. The minimum absolute atomic E-state index is 0. The van der Waals surface area contributed by atoms with E-state index in [-0.39, 0.29) is 7.43 Å². The van der Waals surface area contributed by atoms with Gasteiger partial charge in [0.05, 0.1) is 0 Å². The SMILES string of the molecule is [CH2-]OCCCCCCCO[CH2-].[CH3-].[Rf].[Rf]. The minimum Gasteiger partial charge on any atom is -0.555 e. The minimum atomic E-state index is 0. The van der Waals surface area contributed by atoms with Crippen LogP contribution in [0.3, 0.4) is 0 Å². The topological polar surface area (TPSA) is 18.5 Å². The molecule has 0 aliphatic rings. The molecule has 0 heterocycles. The summed E-state index contributed by atoms with van der Waals surface area (Å²) < 4.78 is 9.37. The molecule has 0 aromatic rings. The molecule has 0 saturated carbocycles. The number of hydrogen-bond donors (Lipinski definition) is 0. The largest absolute Gasteiger partial charge is 0.555 e. The molecule has 14 heavy (non-hydrogen) atoms. The third kappa shape index (κ3) is 22.5. The first-order valence-electron chi connectivity index (χ1n) is 4.15. The van der Waals surface area contributed by atoms with Gasteiger partial charge in [-0.15, -0.1) is 0 Å². The van der Waals surface area contributed by atoms with E-state index < -0.39 is 0 Å². The van der Waals surface area contributed by atoms with Gasteiger partial charge in [0.25, 0.3) is 0 Å². The van der Waals surface area contributed by atoms with Gasteiger partial charge in [-0.2, -0.15) is 0 Å². The number of ether oxygens (including phenoxy) is 2. The van der Waals surface area contributed by atoms with Crippen LogP contribution in [0.25, 0.3) is 0 Å². The molecule has 0 radical (unpaired) electrons. The maximum atomic E-state index is 4.68. The standard InChI is InChI=1S/C9H18O2.CH3.2Rf/c1-10-8-6-4-3-5-7-9-11-2;;;/h1-9H2;1H3;;/q-2;-1;;.